The lowest BCUT2D eigenvalue weighted by Crippen LogP contribution is -2.46. The van der Waals surface area contributed by atoms with E-state index in [2.05, 4.69) is 39.4 Å². The van der Waals surface area contributed by atoms with Crippen molar-refractivity contribution in [3.63, 3.8) is 0 Å². The van der Waals surface area contributed by atoms with Gasteiger partial charge in [-0.1, -0.05) is 6.07 Å². The number of pyridine rings is 1. The van der Waals surface area contributed by atoms with Crippen molar-refractivity contribution >= 4 is 44.0 Å². The van der Waals surface area contributed by atoms with Crippen LogP contribution in [0, 0.1) is 0 Å². The molecule has 8 nitrogen and oxygen atoms in total. The van der Waals surface area contributed by atoms with Crippen LogP contribution < -0.4 is 20.9 Å². The van der Waals surface area contributed by atoms with Gasteiger partial charge in [0.2, 0.25) is 0 Å². The average molecular weight is 563 g/mol. The maximum Gasteiger partial charge on any atom is 0.307 e. The lowest BCUT2D eigenvalue weighted by atomic mass is 10.2. The number of thiophene rings is 1. The number of aromatic nitrogens is 1. The monoisotopic (exact) mass is 562 g/mol. The first-order valence-corrected chi connectivity index (χ1v) is 15.1. The summed E-state index contributed by atoms with van der Waals surface area (Å²) in [5.74, 6) is 0.378. The number of piperazine rings is 1. The van der Waals surface area contributed by atoms with E-state index in [1.54, 1.807) is 17.4 Å². The number of carbonyl (C=O) groups excluding carboxylic acids is 1. The van der Waals surface area contributed by atoms with Crippen LogP contribution in [-0.2, 0) is 16.3 Å². The predicted octanol–water partition coefficient (Wildman–Crippen LogP) is 4.83. The number of fused-ring (bicyclic) bond motifs is 2. The lowest BCUT2D eigenvalue weighted by molar-refractivity contribution is -0.147. The molecule has 40 heavy (non-hydrogen) atoms. The molecule has 0 aliphatic carbocycles. The maximum atomic E-state index is 12.5. The Bertz CT molecular complexity index is 1480. The first kappa shape index (κ1) is 28.1. The van der Waals surface area contributed by atoms with Crippen molar-refractivity contribution in [1.29, 1.82) is 0 Å². The molecule has 1 saturated heterocycles. The standard InChI is InChI=1S/C31H38N4O4S/c32-14-2-1-8-31(37)39-23-35-28-22-25(11-9-24(28)10-12-30(35)36)38-20-4-3-15-33-16-18-34(19-17-33)27-6-5-7-29-26(27)13-21-40-29/h5-7,9-13,21-22H,1-4,8,14-20,23,32H2. The highest BCUT2D eigenvalue weighted by Crippen LogP contribution is 2.31. The Morgan fingerprint density at radius 3 is 2.65 bits per heavy atom. The van der Waals surface area contributed by atoms with Crippen molar-refractivity contribution in [2.75, 3.05) is 50.8 Å². The first-order chi connectivity index (χ1) is 19.6. The summed E-state index contributed by atoms with van der Waals surface area (Å²) in [6.45, 7) is 6.34. The molecular formula is C31H38N4O4S. The molecular weight excluding hydrogens is 524 g/mol. The second kappa shape index (κ2) is 13.8. The van der Waals surface area contributed by atoms with Gasteiger partial charge in [-0.15, -0.1) is 11.3 Å². The minimum absolute atomic E-state index is 0.114. The van der Waals surface area contributed by atoms with Crippen LogP contribution in [0.1, 0.15) is 32.1 Å². The fourth-order valence-electron chi connectivity index (χ4n) is 5.21. The number of nitrogens with zero attached hydrogens (tertiary/aromatic N) is 3. The van der Waals surface area contributed by atoms with Crippen LogP contribution in [0.15, 0.2) is 64.8 Å². The molecule has 0 radical (unpaired) electrons. The van der Waals surface area contributed by atoms with Gasteiger partial charge in [-0.05, 0) is 85.9 Å². The van der Waals surface area contributed by atoms with Crippen molar-refractivity contribution in [2.45, 2.75) is 38.8 Å². The molecule has 0 bridgehead atoms. The molecule has 2 N–H and O–H groups in total. The number of esters is 1. The summed E-state index contributed by atoms with van der Waals surface area (Å²) in [5, 5.41) is 4.43. The van der Waals surface area contributed by atoms with E-state index in [4.69, 9.17) is 15.2 Å². The molecule has 1 fully saturated rings. The van der Waals surface area contributed by atoms with E-state index in [-0.39, 0.29) is 18.3 Å². The van der Waals surface area contributed by atoms with Crippen LogP contribution in [-0.4, -0.2) is 61.3 Å². The van der Waals surface area contributed by atoms with Gasteiger partial charge >= 0.3 is 5.97 Å². The third kappa shape index (κ3) is 7.02. The zero-order valence-corrected chi connectivity index (χ0v) is 23.7. The van der Waals surface area contributed by atoms with Crippen molar-refractivity contribution in [3.8, 4) is 5.75 Å². The fraction of sp³-hybridized carbons (Fsp3) is 0.419. The van der Waals surface area contributed by atoms with Gasteiger partial charge in [0, 0.05) is 60.5 Å². The minimum Gasteiger partial charge on any atom is -0.494 e. The van der Waals surface area contributed by atoms with Crippen LogP contribution in [0.2, 0.25) is 0 Å². The van der Waals surface area contributed by atoms with E-state index < -0.39 is 0 Å². The molecule has 0 spiro atoms. The number of hydrogen-bond acceptors (Lipinski definition) is 8. The van der Waals surface area contributed by atoms with Gasteiger partial charge in [-0.25, -0.2) is 0 Å². The summed E-state index contributed by atoms with van der Waals surface area (Å²) in [5.41, 5.74) is 7.31. The average Bonchev–Trinajstić information content (AvgIpc) is 3.46. The zero-order chi connectivity index (χ0) is 27.7. The second-order valence-electron chi connectivity index (χ2n) is 10.2. The van der Waals surface area contributed by atoms with Gasteiger partial charge in [0.1, 0.15) is 5.75 Å². The number of benzene rings is 2. The molecule has 212 valence electrons. The molecule has 1 aliphatic heterocycles. The van der Waals surface area contributed by atoms with Gasteiger partial charge in [0.05, 0.1) is 12.1 Å². The van der Waals surface area contributed by atoms with Gasteiger partial charge in [-0.2, -0.15) is 0 Å². The Hall–Kier alpha value is -3.40. The second-order valence-corrected chi connectivity index (χ2v) is 11.2. The molecule has 0 atom stereocenters. The maximum absolute atomic E-state index is 12.5. The largest absolute Gasteiger partial charge is 0.494 e. The molecule has 5 rings (SSSR count). The first-order valence-electron chi connectivity index (χ1n) is 14.2. The summed E-state index contributed by atoms with van der Waals surface area (Å²) in [7, 11) is 0. The highest BCUT2D eigenvalue weighted by atomic mass is 32.1. The number of hydrogen-bond donors (Lipinski definition) is 1. The fourth-order valence-corrected chi connectivity index (χ4v) is 6.01. The number of carbonyl (C=O) groups is 1. The molecule has 4 aromatic rings. The number of anilines is 1. The number of rotatable bonds is 13. The molecule has 3 heterocycles. The van der Waals surface area contributed by atoms with E-state index >= 15 is 0 Å². The number of unbranched alkanes of at least 4 members (excludes halogenated alkanes) is 2. The Morgan fingerprint density at radius 2 is 1.80 bits per heavy atom. The molecule has 1 aliphatic rings. The van der Waals surface area contributed by atoms with Gasteiger partial charge < -0.3 is 20.1 Å². The molecule has 2 aromatic heterocycles. The van der Waals surface area contributed by atoms with Crippen molar-refractivity contribution in [2.24, 2.45) is 5.73 Å². The van der Waals surface area contributed by atoms with E-state index in [0.717, 1.165) is 57.4 Å². The summed E-state index contributed by atoms with van der Waals surface area (Å²) in [4.78, 5) is 29.6. The molecule has 0 saturated carbocycles. The third-order valence-electron chi connectivity index (χ3n) is 7.48. The Kier molecular flexibility index (Phi) is 9.70. The Morgan fingerprint density at radius 1 is 0.950 bits per heavy atom. The third-order valence-corrected chi connectivity index (χ3v) is 8.36. The Balaban J connectivity index is 1.07. The topological polar surface area (TPSA) is 90.0 Å². The summed E-state index contributed by atoms with van der Waals surface area (Å²) in [6, 6.07) is 17.8. The van der Waals surface area contributed by atoms with E-state index in [0.29, 0.717) is 37.3 Å². The van der Waals surface area contributed by atoms with Crippen LogP contribution in [0.3, 0.4) is 0 Å². The Labute approximate surface area is 238 Å². The molecule has 9 heteroatoms. The van der Waals surface area contributed by atoms with Crippen molar-refractivity contribution < 1.29 is 14.3 Å². The molecule has 0 unspecified atom stereocenters. The molecule has 2 aromatic carbocycles. The van der Waals surface area contributed by atoms with Crippen LogP contribution >= 0.6 is 11.3 Å². The van der Waals surface area contributed by atoms with Gasteiger partial charge in [-0.3, -0.25) is 19.1 Å². The van der Waals surface area contributed by atoms with E-state index in [9.17, 15) is 9.59 Å². The number of ether oxygens (including phenoxy) is 2. The van der Waals surface area contributed by atoms with E-state index in [1.165, 1.54) is 26.4 Å². The smallest absolute Gasteiger partial charge is 0.307 e. The highest BCUT2D eigenvalue weighted by molar-refractivity contribution is 7.17. The lowest BCUT2D eigenvalue weighted by Gasteiger charge is -2.36. The summed E-state index contributed by atoms with van der Waals surface area (Å²) in [6.07, 6.45) is 3.77. The molecule has 0 amide bonds. The normalized spacial score (nSPS) is 14.2. The van der Waals surface area contributed by atoms with Crippen LogP contribution in [0.4, 0.5) is 5.69 Å². The van der Waals surface area contributed by atoms with Gasteiger partial charge in [0.15, 0.2) is 6.73 Å². The van der Waals surface area contributed by atoms with Crippen molar-refractivity contribution in [1.82, 2.24) is 9.47 Å². The summed E-state index contributed by atoms with van der Waals surface area (Å²) >= 11 is 1.80. The minimum atomic E-state index is -0.328. The van der Waals surface area contributed by atoms with Crippen LogP contribution in [0.5, 0.6) is 5.75 Å². The quantitative estimate of drug-likeness (QED) is 0.184. The van der Waals surface area contributed by atoms with E-state index in [1.807, 2.05) is 18.2 Å². The highest BCUT2D eigenvalue weighted by Gasteiger charge is 2.18. The van der Waals surface area contributed by atoms with Gasteiger partial charge in [0.25, 0.3) is 5.56 Å². The SMILES string of the molecule is NCCCCC(=O)OCn1c(=O)ccc2ccc(OCCCCN3CCN(c4cccc5sccc45)CC3)cc21. The predicted molar refractivity (Wildman–Crippen MR) is 162 cm³/mol. The zero-order valence-electron chi connectivity index (χ0n) is 22.9. The summed E-state index contributed by atoms with van der Waals surface area (Å²) < 4.78 is 14.2. The van der Waals surface area contributed by atoms with Crippen molar-refractivity contribution in [3.05, 3.63) is 70.3 Å². The number of nitrogens with two attached hydrogens (primary N) is 1. The van der Waals surface area contributed by atoms with Crippen LogP contribution in [0.25, 0.3) is 21.0 Å².